The summed E-state index contributed by atoms with van der Waals surface area (Å²) in [6.45, 7) is 2.39. The molecule has 0 atom stereocenters. The lowest BCUT2D eigenvalue weighted by molar-refractivity contribution is 0.0696. The Balaban J connectivity index is 1.56. The number of hydrogen-bond acceptors (Lipinski definition) is 4. The molecule has 6 nitrogen and oxygen atoms in total. The maximum atomic E-state index is 12.6. The molecule has 0 radical (unpaired) electrons. The number of carboxylic acids is 1. The van der Waals surface area contributed by atoms with Crippen LogP contribution in [0, 0.1) is 6.92 Å². The predicted molar refractivity (Wildman–Crippen MR) is 105 cm³/mol. The molecule has 2 N–H and O–H groups in total. The van der Waals surface area contributed by atoms with Gasteiger partial charge in [-0.3, -0.25) is 9.78 Å². The van der Waals surface area contributed by atoms with E-state index in [9.17, 15) is 9.59 Å². The van der Waals surface area contributed by atoms with Gasteiger partial charge >= 0.3 is 5.97 Å². The number of rotatable bonds is 4. The van der Waals surface area contributed by atoms with E-state index in [2.05, 4.69) is 16.4 Å². The van der Waals surface area contributed by atoms with E-state index in [-0.39, 0.29) is 11.5 Å². The topological polar surface area (TPSA) is 88.5 Å². The molecule has 1 amide bonds. The highest BCUT2D eigenvalue weighted by atomic mass is 16.5. The zero-order valence-electron chi connectivity index (χ0n) is 15.2. The van der Waals surface area contributed by atoms with Crippen molar-refractivity contribution in [2.24, 2.45) is 0 Å². The first-order valence-electron chi connectivity index (χ1n) is 8.88. The molecule has 0 spiro atoms. The van der Waals surface area contributed by atoms with E-state index in [1.807, 2.05) is 12.1 Å². The molecule has 28 heavy (non-hydrogen) atoms. The highest BCUT2D eigenvalue weighted by Crippen LogP contribution is 2.30. The summed E-state index contributed by atoms with van der Waals surface area (Å²) in [4.78, 5) is 27.9. The molecule has 6 heteroatoms. The first-order chi connectivity index (χ1) is 13.5. The van der Waals surface area contributed by atoms with E-state index in [1.165, 1.54) is 12.3 Å². The molecule has 0 unspecified atom stereocenters. The summed E-state index contributed by atoms with van der Waals surface area (Å²) in [5.41, 5.74) is 4.73. The Hall–Kier alpha value is -3.67. The zero-order chi connectivity index (χ0) is 19.7. The van der Waals surface area contributed by atoms with Crippen LogP contribution in [0.3, 0.4) is 0 Å². The van der Waals surface area contributed by atoms with Gasteiger partial charge in [-0.25, -0.2) is 4.79 Å². The summed E-state index contributed by atoms with van der Waals surface area (Å²) in [5.74, 6) is -0.390. The van der Waals surface area contributed by atoms with Gasteiger partial charge in [-0.05, 0) is 60.0 Å². The van der Waals surface area contributed by atoms with Crippen molar-refractivity contribution in [3.8, 4) is 16.9 Å². The van der Waals surface area contributed by atoms with Crippen LogP contribution in [0.2, 0.25) is 0 Å². The van der Waals surface area contributed by atoms with E-state index in [0.29, 0.717) is 23.4 Å². The SMILES string of the molecule is Cc1cc(NC(=O)c2cncc(-c3ccc4c(c3)CCO4)c2)ccc1C(=O)O. The van der Waals surface area contributed by atoms with Gasteiger partial charge in [0.05, 0.1) is 17.7 Å². The standard InChI is InChI=1S/C22H18N2O4/c1-13-8-18(3-4-19(13)22(26)27)24-21(25)17-10-16(11-23-12-17)14-2-5-20-15(9-14)6-7-28-20/h2-5,8-12H,6-7H2,1H3,(H,24,25)(H,26,27). The van der Waals surface area contributed by atoms with Gasteiger partial charge in [-0.2, -0.15) is 0 Å². The van der Waals surface area contributed by atoms with Crippen LogP contribution in [-0.4, -0.2) is 28.6 Å². The smallest absolute Gasteiger partial charge is 0.335 e. The molecule has 0 saturated heterocycles. The number of carbonyl (C=O) groups excluding carboxylic acids is 1. The number of aromatic carboxylic acids is 1. The monoisotopic (exact) mass is 374 g/mol. The van der Waals surface area contributed by atoms with Crippen LogP contribution in [0.1, 0.15) is 31.8 Å². The second-order valence-corrected chi connectivity index (χ2v) is 6.67. The second-order valence-electron chi connectivity index (χ2n) is 6.67. The minimum absolute atomic E-state index is 0.210. The van der Waals surface area contributed by atoms with Gasteiger partial charge in [0, 0.05) is 30.1 Å². The normalized spacial score (nSPS) is 12.2. The molecule has 4 rings (SSSR count). The van der Waals surface area contributed by atoms with Crippen LogP contribution in [-0.2, 0) is 6.42 Å². The summed E-state index contributed by atoms with van der Waals surface area (Å²) >= 11 is 0. The molecule has 1 aliphatic rings. The van der Waals surface area contributed by atoms with Gasteiger partial charge in [-0.1, -0.05) is 6.07 Å². The fourth-order valence-electron chi connectivity index (χ4n) is 3.27. The Morgan fingerprint density at radius 1 is 1.07 bits per heavy atom. The summed E-state index contributed by atoms with van der Waals surface area (Å²) in [5, 5.41) is 11.9. The van der Waals surface area contributed by atoms with Crippen molar-refractivity contribution in [2.75, 3.05) is 11.9 Å². The van der Waals surface area contributed by atoms with Crippen molar-refractivity contribution in [3.63, 3.8) is 0 Å². The molecule has 140 valence electrons. The molecular formula is C22H18N2O4. The first-order valence-corrected chi connectivity index (χ1v) is 8.88. The second kappa shape index (κ2) is 7.15. The van der Waals surface area contributed by atoms with Crippen LogP contribution in [0.4, 0.5) is 5.69 Å². The Morgan fingerprint density at radius 3 is 2.71 bits per heavy atom. The Kier molecular flexibility index (Phi) is 4.53. The van der Waals surface area contributed by atoms with Gasteiger partial charge < -0.3 is 15.2 Å². The lowest BCUT2D eigenvalue weighted by Crippen LogP contribution is -2.13. The Morgan fingerprint density at radius 2 is 1.93 bits per heavy atom. The van der Waals surface area contributed by atoms with E-state index >= 15 is 0 Å². The highest BCUT2D eigenvalue weighted by Gasteiger charge is 2.14. The van der Waals surface area contributed by atoms with Crippen LogP contribution < -0.4 is 10.1 Å². The Bertz CT molecular complexity index is 1090. The van der Waals surface area contributed by atoms with Crippen molar-refractivity contribution < 1.29 is 19.4 Å². The quantitative estimate of drug-likeness (QED) is 0.722. The number of nitrogens with zero attached hydrogens (tertiary/aromatic N) is 1. The molecule has 0 aliphatic carbocycles. The Labute approximate surface area is 161 Å². The van der Waals surface area contributed by atoms with Crippen molar-refractivity contribution in [3.05, 3.63) is 77.1 Å². The summed E-state index contributed by atoms with van der Waals surface area (Å²) in [6.07, 6.45) is 4.11. The molecule has 0 fully saturated rings. The minimum Gasteiger partial charge on any atom is -0.493 e. The number of carbonyl (C=O) groups is 2. The number of pyridine rings is 1. The third kappa shape index (κ3) is 3.44. The fraction of sp³-hybridized carbons (Fsp3) is 0.136. The number of nitrogens with one attached hydrogen (secondary N) is 1. The number of benzene rings is 2. The number of amides is 1. The molecule has 0 bridgehead atoms. The van der Waals surface area contributed by atoms with Crippen LogP contribution >= 0.6 is 0 Å². The molecule has 1 aliphatic heterocycles. The zero-order valence-corrected chi connectivity index (χ0v) is 15.2. The number of anilines is 1. The molecule has 3 aromatic rings. The van der Waals surface area contributed by atoms with Crippen LogP contribution in [0.5, 0.6) is 5.75 Å². The summed E-state index contributed by atoms with van der Waals surface area (Å²) < 4.78 is 5.53. The van der Waals surface area contributed by atoms with Gasteiger partial charge in [0.25, 0.3) is 5.91 Å². The van der Waals surface area contributed by atoms with Gasteiger partial charge in [0.2, 0.25) is 0 Å². The fourth-order valence-corrected chi connectivity index (χ4v) is 3.27. The number of fused-ring (bicyclic) bond motifs is 1. The van der Waals surface area contributed by atoms with Crippen molar-refractivity contribution >= 4 is 17.6 Å². The summed E-state index contributed by atoms with van der Waals surface area (Å²) in [7, 11) is 0. The average molecular weight is 374 g/mol. The maximum absolute atomic E-state index is 12.6. The van der Waals surface area contributed by atoms with Crippen molar-refractivity contribution in [1.29, 1.82) is 0 Å². The van der Waals surface area contributed by atoms with E-state index in [4.69, 9.17) is 9.84 Å². The molecule has 1 aromatic heterocycles. The van der Waals surface area contributed by atoms with Crippen LogP contribution in [0.15, 0.2) is 54.9 Å². The molecule has 0 saturated carbocycles. The van der Waals surface area contributed by atoms with Gasteiger partial charge in [0.1, 0.15) is 5.75 Å². The first kappa shape index (κ1) is 17.7. The third-order valence-corrected chi connectivity index (χ3v) is 4.74. The minimum atomic E-state index is -0.993. The van der Waals surface area contributed by atoms with Crippen LogP contribution in [0.25, 0.3) is 11.1 Å². The number of ether oxygens (including phenoxy) is 1. The highest BCUT2D eigenvalue weighted by molar-refractivity contribution is 6.05. The van der Waals surface area contributed by atoms with Gasteiger partial charge in [0.15, 0.2) is 0 Å². The molecular weight excluding hydrogens is 356 g/mol. The third-order valence-electron chi connectivity index (χ3n) is 4.74. The number of carboxylic acid groups (broad SMARTS) is 1. The molecule has 2 heterocycles. The van der Waals surface area contributed by atoms with E-state index in [1.54, 1.807) is 31.3 Å². The molecule has 2 aromatic carbocycles. The van der Waals surface area contributed by atoms with E-state index < -0.39 is 5.97 Å². The largest absolute Gasteiger partial charge is 0.493 e. The lowest BCUT2D eigenvalue weighted by atomic mass is 10.0. The van der Waals surface area contributed by atoms with Crippen molar-refractivity contribution in [1.82, 2.24) is 4.98 Å². The van der Waals surface area contributed by atoms with Gasteiger partial charge in [-0.15, -0.1) is 0 Å². The average Bonchev–Trinajstić information content (AvgIpc) is 3.15. The number of aryl methyl sites for hydroxylation is 1. The number of aromatic nitrogens is 1. The summed E-state index contributed by atoms with van der Waals surface area (Å²) in [6, 6.07) is 12.4. The maximum Gasteiger partial charge on any atom is 0.335 e. The lowest BCUT2D eigenvalue weighted by Gasteiger charge is -2.09. The number of hydrogen-bond donors (Lipinski definition) is 2. The van der Waals surface area contributed by atoms with E-state index in [0.717, 1.165) is 28.9 Å². The predicted octanol–water partition coefficient (Wildman–Crippen LogP) is 3.94. The van der Waals surface area contributed by atoms with Crippen molar-refractivity contribution in [2.45, 2.75) is 13.3 Å².